The lowest BCUT2D eigenvalue weighted by molar-refractivity contribution is 0.453. The fourth-order valence-corrected chi connectivity index (χ4v) is 2.76. The molecule has 18 heavy (non-hydrogen) atoms. The summed E-state index contributed by atoms with van der Waals surface area (Å²) < 4.78 is 52.4. The lowest BCUT2D eigenvalue weighted by atomic mass is 10.1. The minimum atomic E-state index is -4.27. The van der Waals surface area contributed by atoms with Gasteiger partial charge in [-0.3, -0.25) is 0 Å². The molecule has 1 rings (SSSR count). The van der Waals surface area contributed by atoms with Crippen molar-refractivity contribution in [3.8, 4) is 0 Å². The lowest BCUT2D eigenvalue weighted by Crippen LogP contribution is -2.49. The van der Waals surface area contributed by atoms with Crippen molar-refractivity contribution in [2.24, 2.45) is 5.73 Å². The smallest absolute Gasteiger partial charge is 0.246 e. The van der Waals surface area contributed by atoms with E-state index in [4.69, 9.17) is 5.73 Å². The van der Waals surface area contributed by atoms with Gasteiger partial charge in [-0.15, -0.1) is 12.4 Å². The quantitative estimate of drug-likeness (QED) is 0.883. The van der Waals surface area contributed by atoms with Gasteiger partial charge in [-0.05, 0) is 26.0 Å². The van der Waals surface area contributed by atoms with E-state index in [9.17, 15) is 17.2 Å². The second-order valence-electron chi connectivity index (χ2n) is 4.24. The van der Waals surface area contributed by atoms with Gasteiger partial charge in [0.15, 0.2) is 4.90 Å². The molecule has 0 aliphatic rings. The van der Waals surface area contributed by atoms with Gasteiger partial charge in [0.1, 0.15) is 11.6 Å². The highest BCUT2D eigenvalue weighted by atomic mass is 35.5. The highest BCUT2D eigenvalue weighted by molar-refractivity contribution is 7.89. The van der Waals surface area contributed by atoms with Crippen molar-refractivity contribution in [1.29, 1.82) is 0 Å². The number of nitrogens with one attached hydrogen (secondary N) is 1. The second-order valence-corrected chi connectivity index (χ2v) is 5.86. The summed E-state index contributed by atoms with van der Waals surface area (Å²) in [6.07, 6.45) is 0. The largest absolute Gasteiger partial charge is 0.329 e. The van der Waals surface area contributed by atoms with Crippen LogP contribution < -0.4 is 10.5 Å². The summed E-state index contributed by atoms with van der Waals surface area (Å²) in [5.74, 6) is -2.27. The SMILES string of the molecule is CC(C)(CN)NS(=O)(=O)c1c(F)cccc1F.Cl. The van der Waals surface area contributed by atoms with Crippen molar-refractivity contribution in [3.05, 3.63) is 29.8 Å². The van der Waals surface area contributed by atoms with E-state index in [1.54, 1.807) is 0 Å². The van der Waals surface area contributed by atoms with Crippen LogP contribution in [0.4, 0.5) is 8.78 Å². The van der Waals surface area contributed by atoms with Gasteiger partial charge in [0.25, 0.3) is 0 Å². The summed E-state index contributed by atoms with van der Waals surface area (Å²) in [5, 5.41) is 0. The van der Waals surface area contributed by atoms with Crippen molar-refractivity contribution in [2.75, 3.05) is 6.54 Å². The predicted molar refractivity (Wildman–Crippen MR) is 67.1 cm³/mol. The Morgan fingerprint density at radius 2 is 1.72 bits per heavy atom. The molecule has 1 aromatic carbocycles. The van der Waals surface area contributed by atoms with Crippen LogP contribution in [-0.4, -0.2) is 20.5 Å². The number of hydrogen-bond acceptors (Lipinski definition) is 3. The van der Waals surface area contributed by atoms with E-state index in [2.05, 4.69) is 4.72 Å². The first-order valence-electron chi connectivity index (χ1n) is 4.88. The summed E-state index contributed by atoms with van der Waals surface area (Å²) in [6.45, 7) is 3.04. The molecule has 0 spiro atoms. The molecule has 0 aliphatic heterocycles. The first-order chi connectivity index (χ1) is 7.69. The molecule has 8 heteroatoms. The van der Waals surface area contributed by atoms with E-state index >= 15 is 0 Å². The Bertz CT molecular complexity index is 500. The summed E-state index contributed by atoms with van der Waals surface area (Å²) in [4.78, 5) is -0.985. The van der Waals surface area contributed by atoms with Gasteiger partial charge in [-0.1, -0.05) is 6.07 Å². The van der Waals surface area contributed by atoms with Crippen molar-refractivity contribution in [2.45, 2.75) is 24.3 Å². The van der Waals surface area contributed by atoms with E-state index in [0.717, 1.165) is 18.2 Å². The summed E-state index contributed by atoms with van der Waals surface area (Å²) in [5.41, 5.74) is 4.37. The van der Waals surface area contributed by atoms with Crippen LogP contribution in [0.1, 0.15) is 13.8 Å². The van der Waals surface area contributed by atoms with Gasteiger partial charge in [0, 0.05) is 12.1 Å². The van der Waals surface area contributed by atoms with Gasteiger partial charge >= 0.3 is 0 Å². The fourth-order valence-electron chi connectivity index (χ4n) is 1.20. The van der Waals surface area contributed by atoms with Crippen LogP contribution in [0.3, 0.4) is 0 Å². The zero-order valence-electron chi connectivity index (χ0n) is 9.91. The van der Waals surface area contributed by atoms with E-state index < -0.39 is 32.1 Å². The second kappa shape index (κ2) is 5.92. The van der Waals surface area contributed by atoms with Gasteiger partial charge < -0.3 is 5.73 Å². The molecular weight excluding hydrogens is 286 g/mol. The topological polar surface area (TPSA) is 72.2 Å². The molecule has 0 heterocycles. The molecule has 0 saturated carbocycles. The lowest BCUT2D eigenvalue weighted by Gasteiger charge is -2.24. The summed E-state index contributed by atoms with van der Waals surface area (Å²) >= 11 is 0. The van der Waals surface area contributed by atoms with Crippen LogP contribution in [0.25, 0.3) is 0 Å². The average molecular weight is 301 g/mol. The molecule has 0 atom stereocenters. The molecule has 0 bridgehead atoms. The van der Waals surface area contributed by atoms with Gasteiger partial charge in [-0.2, -0.15) is 0 Å². The minimum Gasteiger partial charge on any atom is -0.329 e. The Labute approximate surface area is 111 Å². The first kappa shape index (κ1) is 17.2. The number of nitrogens with two attached hydrogens (primary N) is 1. The maximum absolute atomic E-state index is 13.3. The van der Waals surface area contributed by atoms with Gasteiger partial charge in [-0.25, -0.2) is 21.9 Å². The third-order valence-corrected chi connectivity index (χ3v) is 3.86. The highest BCUT2D eigenvalue weighted by Gasteiger charge is 2.29. The van der Waals surface area contributed by atoms with Crippen LogP contribution in [0.2, 0.25) is 0 Å². The Morgan fingerprint density at radius 3 is 2.11 bits per heavy atom. The minimum absolute atomic E-state index is 0. The molecule has 0 saturated heterocycles. The zero-order valence-corrected chi connectivity index (χ0v) is 11.5. The molecule has 0 aliphatic carbocycles. The molecule has 0 fully saturated rings. The highest BCUT2D eigenvalue weighted by Crippen LogP contribution is 2.19. The number of halogens is 3. The van der Waals surface area contributed by atoms with Crippen LogP contribution in [0, 0.1) is 11.6 Å². The number of benzene rings is 1. The molecule has 0 unspecified atom stereocenters. The number of sulfonamides is 1. The summed E-state index contributed by atoms with van der Waals surface area (Å²) in [6, 6.07) is 2.86. The fraction of sp³-hybridized carbons (Fsp3) is 0.400. The average Bonchev–Trinajstić information content (AvgIpc) is 2.15. The van der Waals surface area contributed by atoms with E-state index in [1.165, 1.54) is 13.8 Å². The van der Waals surface area contributed by atoms with Gasteiger partial charge in [0.2, 0.25) is 10.0 Å². The maximum Gasteiger partial charge on any atom is 0.246 e. The van der Waals surface area contributed by atoms with E-state index in [0.29, 0.717) is 0 Å². The third-order valence-electron chi connectivity index (χ3n) is 2.11. The Kier molecular flexibility index (Phi) is 5.67. The molecule has 104 valence electrons. The maximum atomic E-state index is 13.3. The van der Waals surface area contributed by atoms with Crippen LogP contribution in [0.15, 0.2) is 23.1 Å². The standard InChI is InChI=1S/C10H14F2N2O2S.ClH/c1-10(2,6-13)14-17(15,16)9-7(11)4-3-5-8(9)12;/h3-5,14H,6,13H2,1-2H3;1H. The van der Waals surface area contributed by atoms with E-state index in [1.807, 2.05) is 0 Å². The molecule has 0 radical (unpaired) electrons. The van der Waals surface area contributed by atoms with Gasteiger partial charge in [0.05, 0.1) is 0 Å². The normalized spacial score (nSPS) is 12.1. The number of rotatable bonds is 4. The Morgan fingerprint density at radius 1 is 1.28 bits per heavy atom. The monoisotopic (exact) mass is 300 g/mol. The number of hydrogen-bond donors (Lipinski definition) is 2. The van der Waals surface area contributed by atoms with E-state index in [-0.39, 0.29) is 19.0 Å². The third kappa shape index (κ3) is 3.88. The van der Waals surface area contributed by atoms with Crippen molar-refractivity contribution in [1.82, 2.24) is 4.72 Å². The zero-order chi connectivity index (χ0) is 13.3. The van der Waals surface area contributed by atoms with Crippen LogP contribution >= 0.6 is 12.4 Å². The Balaban J connectivity index is 0.00000289. The summed E-state index contributed by atoms with van der Waals surface area (Å²) in [7, 11) is -4.27. The Hall–Kier alpha value is -0.760. The molecule has 0 amide bonds. The van der Waals surface area contributed by atoms with Crippen LogP contribution in [-0.2, 0) is 10.0 Å². The van der Waals surface area contributed by atoms with Crippen molar-refractivity contribution < 1.29 is 17.2 Å². The first-order valence-corrected chi connectivity index (χ1v) is 6.36. The molecule has 4 nitrogen and oxygen atoms in total. The van der Waals surface area contributed by atoms with Crippen molar-refractivity contribution >= 4 is 22.4 Å². The molecule has 3 N–H and O–H groups in total. The molecule has 0 aromatic heterocycles. The molecular formula is C10H15ClF2N2O2S. The predicted octanol–water partition coefficient (Wildman–Crippen LogP) is 1.40. The molecule has 1 aromatic rings. The van der Waals surface area contributed by atoms with Crippen molar-refractivity contribution in [3.63, 3.8) is 0 Å². The van der Waals surface area contributed by atoms with Crippen LogP contribution in [0.5, 0.6) is 0 Å².